The van der Waals surface area contributed by atoms with Gasteiger partial charge in [-0.15, -0.1) is 6.58 Å². The van der Waals surface area contributed by atoms with Crippen LogP contribution < -0.4 is 0 Å². The molecule has 0 heterocycles. The zero-order valence-electron chi connectivity index (χ0n) is 4.31. The van der Waals surface area contributed by atoms with Gasteiger partial charge in [0, 0.05) is 29.6 Å². The van der Waals surface area contributed by atoms with Gasteiger partial charge in [0.2, 0.25) is 0 Å². The van der Waals surface area contributed by atoms with Crippen molar-refractivity contribution in [1.82, 2.24) is 0 Å². The predicted octanol–water partition coefficient (Wildman–Crippen LogP) is 0.172. The molecule has 0 aromatic heterocycles. The van der Waals surface area contributed by atoms with E-state index in [0.717, 1.165) is 0 Å². The molecule has 0 saturated carbocycles. The summed E-state index contributed by atoms with van der Waals surface area (Å²) in [6.07, 6.45) is 1.12. The zero-order valence-corrected chi connectivity index (χ0v) is 6.31. The number of hydrogen-bond donors (Lipinski definition) is 1. The molecular formula is C4H8NaO. The van der Waals surface area contributed by atoms with E-state index >= 15 is 0 Å². The molecule has 0 rings (SSSR count). The molecule has 0 aliphatic rings. The fraction of sp³-hybridized carbons (Fsp3) is 0.500. The van der Waals surface area contributed by atoms with E-state index in [1.54, 1.807) is 6.92 Å². The monoisotopic (exact) mass is 95.0 g/mol. The molecule has 0 aliphatic heterocycles. The van der Waals surface area contributed by atoms with Crippen molar-refractivity contribution in [2.24, 2.45) is 0 Å². The van der Waals surface area contributed by atoms with Crippen molar-refractivity contribution >= 4 is 29.6 Å². The van der Waals surface area contributed by atoms with Crippen LogP contribution in [0.15, 0.2) is 12.7 Å². The molecule has 0 saturated heterocycles. The molecule has 0 aromatic rings. The van der Waals surface area contributed by atoms with Gasteiger partial charge in [-0.2, -0.15) is 0 Å². The van der Waals surface area contributed by atoms with Crippen LogP contribution in [0.5, 0.6) is 0 Å². The van der Waals surface area contributed by atoms with Crippen LogP contribution >= 0.6 is 0 Å². The van der Waals surface area contributed by atoms with Crippen LogP contribution in [0.25, 0.3) is 0 Å². The third kappa shape index (κ3) is 8.83. The topological polar surface area (TPSA) is 20.2 Å². The summed E-state index contributed by atoms with van der Waals surface area (Å²) in [4.78, 5) is 0. The van der Waals surface area contributed by atoms with E-state index in [1.807, 2.05) is 0 Å². The quantitative estimate of drug-likeness (QED) is 0.363. The first-order valence-corrected chi connectivity index (χ1v) is 1.58. The van der Waals surface area contributed by atoms with Gasteiger partial charge in [-0.1, -0.05) is 6.08 Å². The Morgan fingerprint density at radius 1 is 1.83 bits per heavy atom. The third-order valence-corrected chi connectivity index (χ3v) is 0.341. The Kier molecular flexibility index (Phi) is 9.36. The molecule has 0 aliphatic carbocycles. The van der Waals surface area contributed by atoms with E-state index in [9.17, 15) is 0 Å². The van der Waals surface area contributed by atoms with E-state index in [0.29, 0.717) is 0 Å². The maximum atomic E-state index is 8.24. The van der Waals surface area contributed by atoms with Gasteiger partial charge in [-0.25, -0.2) is 0 Å². The Labute approximate surface area is 60.4 Å². The summed E-state index contributed by atoms with van der Waals surface area (Å²) < 4.78 is 0. The summed E-state index contributed by atoms with van der Waals surface area (Å²) >= 11 is 0. The number of rotatable bonds is 1. The Bertz CT molecular complexity index is 34.5. The molecule has 1 radical (unpaired) electrons. The SMILES string of the molecule is C=CC(C)O.[Na]. The number of aliphatic hydroxyl groups is 1. The van der Waals surface area contributed by atoms with Crippen LogP contribution in [0, 0.1) is 0 Å². The van der Waals surface area contributed by atoms with Crippen LogP contribution in [-0.4, -0.2) is 40.8 Å². The van der Waals surface area contributed by atoms with Crippen molar-refractivity contribution in [2.75, 3.05) is 0 Å². The summed E-state index contributed by atoms with van der Waals surface area (Å²) in [7, 11) is 0. The minimum Gasteiger partial charge on any atom is -0.389 e. The number of hydrogen-bond acceptors (Lipinski definition) is 1. The molecule has 0 aromatic carbocycles. The van der Waals surface area contributed by atoms with Gasteiger partial charge < -0.3 is 5.11 Å². The maximum Gasteiger partial charge on any atom is 0.0690 e. The van der Waals surface area contributed by atoms with Crippen molar-refractivity contribution in [3.05, 3.63) is 12.7 Å². The molecule has 31 valence electrons. The van der Waals surface area contributed by atoms with E-state index < -0.39 is 0 Å². The molecular weight excluding hydrogens is 87.0 g/mol. The molecule has 0 fully saturated rings. The summed E-state index contributed by atoms with van der Waals surface area (Å²) in [6.45, 7) is 4.97. The van der Waals surface area contributed by atoms with Gasteiger partial charge in [-0.3, -0.25) is 0 Å². The average Bonchev–Trinajstić information content (AvgIpc) is 1.38. The first kappa shape index (κ1) is 9.85. The van der Waals surface area contributed by atoms with Crippen molar-refractivity contribution < 1.29 is 5.11 Å². The second kappa shape index (κ2) is 5.70. The molecule has 0 spiro atoms. The molecule has 1 atom stereocenters. The van der Waals surface area contributed by atoms with Crippen molar-refractivity contribution in [1.29, 1.82) is 0 Å². The van der Waals surface area contributed by atoms with Gasteiger partial charge in [-0.05, 0) is 6.92 Å². The maximum absolute atomic E-state index is 8.24. The largest absolute Gasteiger partial charge is 0.389 e. The van der Waals surface area contributed by atoms with Crippen molar-refractivity contribution in [3.63, 3.8) is 0 Å². The average molecular weight is 95.1 g/mol. The van der Waals surface area contributed by atoms with E-state index in [4.69, 9.17) is 5.11 Å². The first-order valence-electron chi connectivity index (χ1n) is 1.58. The number of aliphatic hydroxyl groups excluding tert-OH is 1. The fourth-order valence-electron chi connectivity index (χ4n) is 0. The Balaban J connectivity index is 0. The fourth-order valence-corrected chi connectivity index (χ4v) is 0. The first-order chi connectivity index (χ1) is 2.27. The Morgan fingerprint density at radius 3 is 2.00 bits per heavy atom. The minimum atomic E-state index is -0.352. The summed E-state index contributed by atoms with van der Waals surface area (Å²) in [5.74, 6) is 0. The molecule has 1 nitrogen and oxygen atoms in total. The van der Waals surface area contributed by atoms with Crippen LogP contribution in [0.4, 0.5) is 0 Å². The normalized spacial score (nSPS) is 11.7. The van der Waals surface area contributed by atoms with Crippen LogP contribution in [-0.2, 0) is 0 Å². The van der Waals surface area contributed by atoms with Crippen LogP contribution in [0.1, 0.15) is 6.92 Å². The Morgan fingerprint density at radius 2 is 2.00 bits per heavy atom. The van der Waals surface area contributed by atoms with Gasteiger partial charge in [0.25, 0.3) is 0 Å². The molecule has 0 bridgehead atoms. The van der Waals surface area contributed by atoms with Gasteiger partial charge in [0.05, 0.1) is 6.10 Å². The van der Waals surface area contributed by atoms with Crippen LogP contribution in [0.3, 0.4) is 0 Å². The van der Waals surface area contributed by atoms with Gasteiger partial charge >= 0.3 is 0 Å². The predicted molar refractivity (Wildman–Crippen MR) is 27.6 cm³/mol. The van der Waals surface area contributed by atoms with Gasteiger partial charge in [0.15, 0.2) is 0 Å². The van der Waals surface area contributed by atoms with E-state index in [-0.39, 0.29) is 35.7 Å². The third-order valence-electron chi connectivity index (χ3n) is 0.341. The summed E-state index contributed by atoms with van der Waals surface area (Å²) in [5.41, 5.74) is 0. The van der Waals surface area contributed by atoms with E-state index in [2.05, 4.69) is 6.58 Å². The standard InChI is InChI=1S/C4H8O.Na/c1-3-4(2)5;/h3-5H,1H2,2H3;. The summed E-state index contributed by atoms with van der Waals surface area (Å²) in [5, 5.41) is 8.24. The minimum absolute atomic E-state index is 0. The molecule has 0 amide bonds. The smallest absolute Gasteiger partial charge is 0.0690 e. The second-order valence-corrected chi connectivity index (χ2v) is 0.976. The summed E-state index contributed by atoms with van der Waals surface area (Å²) in [6, 6.07) is 0. The molecule has 1 unspecified atom stereocenters. The van der Waals surface area contributed by atoms with Crippen molar-refractivity contribution in [2.45, 2.75) is 13.0 Å². The van der Waals surface area contributed by atoms with Crippen LogP contribution in [0.2, 0.25) is 0 Å². The second-order valence-electron chi connectivity index (χ2n) is 0.976. The van der Waals surface area contributed by atoms with E-state index in [1.165, 1.54) is 6.08 Å². The molecule has 6 heavy (non-hydrogen) atoms. The Hall–Kier alpha value is 0.700. The molecule has 1 N–H and O–H groups in total. The zero-order chi connectivity index (χ0) is 4.28. The molecule has 2 heteroatoms. The van der Waals surface area contributed by atoms with Gasteiger partial charge in [0.1, 0.15) is 0 Å². The van der Waals surface area contributed by atoms with Crippen molar-refractivity contribution in [3.8, 4) is 0 Å².